The number of carbonyl (C=O) groups excluding carboxylic acids is 1. The molecule has 0 amide bonds. The summed E-state index contributed by atoms with van der Waals surface area (Å²) in [6.45, 7) is 6.56. The second-order valence-corrected chi connectivity index (χ2v) is 1.58. The fraction of sp³-hybridized carbons (Fsp3) is 0. The van der Waals surface area contributed by atoms with Crippen LogP contribution in [-0.4, -0.2) is 10.6 Å². The fourth-order valence-electron chi connectivity index (χ4n) is 0.201. The number of thiocarbonyl (C=S) groups is 1. The van der Waals surface area contributed by atoms with E-state index >= 15 is 0 Å². The minimum Gasteiger partial charge on any atom is -0.288 e. The topological polar surface area (TPSA) is 17.1 Å². The van der Waals surface area contributed by atoms with E-state index in [0.29, 0.717) is 0 Å². The first kappa shape index (κ1) is 7.24. The number of hydrogen-bond acceptors (Lipinski definition) is 2. The molecule has 0 saturated carbocycles. The largest absolute Gasteiger partial charge is 0.288 e. The molecule has 0 fully saturated rings. The number of hydrogen-bond donors (Lipinski definition) is 0. The highest BCUT2D eigenvalue weighted by Gasteiger charge is 1.95. The van der Waals surface area contributed by atoms with Crippen molar-refractivity contribution < 1.29 is 4.79 Å². The van der Waals surface area contributed by atoms with Crippen LogP contribution in [0.15, 0.2) is 25.3 Å². The molecular formula is C6H6OS. The maximum absolute atomic E-state index is 10.4. The van der Waals surface area contributed by atoms with Gasteiger partial charge in [0.05, 0.1) is 4.86 Å². The highest BCUT2D eigenvalue weighted by atomic mass is 32.1. The summed E-state index contributed by atoms with van der Waals surface area (Å²) >= 11 is 4.54. The van der Waals surface area contributed by atoms with Gasteiger partial charge in [0.25, 0.3) is 0 Å². The van der Waals surface area contributed by atoms with Gasteiger partial charge in [-0.2, -0.15) is 0 Å². The average Bonchev–Trinajstić information content (AvgIpc) is 1.84. The molecule has 0 heterocycles. The fourth-order valence-corrected chi connectivity index (χ4v) is 0.285. The van der Waals surface area contributed by atoms with Crippen molar-refractivity contribution in [3.05, 3.63) is 25.3 Å². The van der Waals surface area contributed by atoms with Crippen LogP contribution in [-0.2, 0) is 4.79 Å². The molecule has 0 aromatic heterocycles. The zero-order chi connectivity index (χ0) is 6.57. The Kier molecular flexibility index (Phi) is 2.96. The molecule has 1 nitrogen and oxygen atoms in total. The van der Waals surface area contributed by atoms with Gasteiger partial charge in [-0.05, 0) is 12.2 Å². The average molecular weight is 126 g/mol. The van der Waals surface area contributed by atoms with Gasteiger partial charge in [-0.1, -0.05) is 25.4 Å². The van der Waals surface area contributed by atoms with Crippen LogP contribution in [0, 0.1) is 0 Å². The molecule has 2 heteroatoms. The van der Waals surface area contributed by atoms with Gasteiger partial charge in [-0.25, -0.2) is 0 Å². The van der Waals surface area contributed by atoms with Crippen molar-refractivity contribution in [2.45, 2.75) is 0 Å². The third-order valence-electron chi connectivity index (χ3n) is 0.614. The van der Waals surface area contributed by atoms with Crippen LogP contribution in [0.1, 0.15) is 0 Å². The lowest BCUT2D eigenvalue weighted by atomic mass is 10.3. The molecule has 0 radical (unpaired) electrons. The third-order valence-corrected chi connectivity index (χ3v) is 0.981. The minimum atomic E-state index is -0.241. The molecule has 0 rings (SSSR count). The van der Waals surface area contributed by atoms with Crippen LogP contribution in [0.2, 0.25) is 0 Å². The molecular weight excluding hydrogens is 120 g/mol. The van der Waals surface area contributed by atoms with E-state index in [-0.39, 0.29) is 10.6 Å². The summed E-state index contributed by atoms with van der Waals surface area (Å²) in [6, 6.07) is 0. The summed E-state index contributed by atoms with van der Waals surface area (Å²) in [4.78, 5) is 10.6. The molecule has 0 aliphatic rings. The van der Waals surface area contributed by atoms with Crippen LogP contribution >= 0.6 is 12.2 Å². The van der Waals surface area contributed by atoms with Crippen LogP contribution in [0.5, 0.6) is 0 Å². The summed E-state index contributed by atoms with van der Waals surface area (Å²) in [6.07, 6.45) is 2.50. The molecule has 0 unspecified atom stereocenters. The maximum atomic E-state index is 10.4. The van der Waals surface area contributed by atoms with Crippen LogP contribution in [0.3, 0.4) is 0 Å². The van der Waals surface area contributed by atoms with Gasteiger partial charge >= 0.3 is 0 Å². The third kappa shape index (κ3) is 1.80. The van der Waals surface area contributed by atoms with Crippen LogP contribution in [0.4, 0.5) is 0 Å². The van der Waals surface area contributed by atoms with Crippen molar-refractivity contribution in [2.24, 2.45) is 0 Å². The summed E-state index contributed by atoms with van der Waals surface area (Å²) < 4.78 is 0. The number of carbonyl (C=O) groups is 1. The van der Waals surface area contributed by atoms with Gasteiger partial charge in [-0.3, -0.25) is 4.79 Å². The van der Waals surface area contributed by atoms with E-state index in [9.17, 15) is 4.79 Å². The highest BCUT2D eigenvalue weighted by molar-refractivity contribution is 7.82. The van der Waals surface area contributed by atoms with Gasteiger partial charge in [-0.15, -0.1) is 0 Å². The van der Waals surface area contributed by atoms with Crippen molar-refractivity contribution >= 4 is 22.9 Å². The van der Waals surface area contributed by atoms with E-state index in [0.717, 1.165) is 0 Å². The van der Waals surface area contributed by atoms with Gasteiger partial charge in [0.1, 0.15) is 0 Å². The molecule has 0 N–H and O–H groups in total. The number of ketones is 1. The number of allylic oxidation sites excluding steroid dienone is 2. The van der Waals surface area contributed by atoms with E-state index in [1.165, 1.54) is 12.2 Å². The molecule has 0 aromatic carbocycles. The molecule has 0 aliphatic heterocycles. The maximum Gasteiger partial charge on any atom is 0.195 e. The smallest absolute Gasteiger partial charge is 0.195 e. The van der Waals surface area contributed by atoms with Crippen molar-refractivity contribution in [3.63, 3.8) is 0 Å². The Morgan fingerprint density at radius 3 is 2.00 bits per heavy atom. The standard InChI is InChI=1S/C6H6OS/c1-3-5(7)6(8)4-2/h3-4H,1-2H2. The lowest BCUT2D eigenvalue weighted by Crippen LogP contribution is -2.02. The van der Waals surface area contributed by atoms with E-state index in [1.807, 2.05) is 0 Å². The molecule has 0 saturated heterocycles. The Labute approximate surface area is 53.7 Å². The summed E-state index contributed by atoms with van der Waals surface area (Å²) in [5.74, 6) is -0.241. The van der Waals surface area contributed by atoms with Gasteiger partial charge in [0.15, 0.2) is 5.78 Å². The zero-order valence-corrected chi connectivity index (χ0v) is 5.20. The number of rotatable bonds is 3. The minimum absolute atomic E-state index is 0.222. The van der Waals surface area contributed by atoms with Crippen LogP contribution < -0.4 is 0 Å². The van der Waals surface area contributed by atoms with Gasteiger partial charge in [0, 0.05) is 0 Å². The Morgan fingerprint density at radius 1 is 1.38 bits per heavy atom. The first-order valence-electron chi connectivity index (χ1n) is 2.05. The normalized spacial score (nSPS) is 7.50. The molecule has 0 bridgehead atoms. The molecule has 0 aromatic rings. The van der Waals surface area contributed by atoms with Crippen molar-refractivity contribution in [1.29, 1.82) is 0 Å². The van der Waals surface area contributed by atoms with Gasteiger partial charge < -0.3 is 0 Å². The van der Waals surface area contributed by atoms with Crippen molar-refractivity contribution in [1.82, 2.24) is 0 Å². The summed E-state index contributed by atoms with van der Waals surface area (Å²) in [5.41, 5.74) is 0. The van der Waals surface area contributed by atoms with Crippen molar-refractivity contribution in [3.8, 4) is 0 Å². The molecule has 42 valence electrons. The highest BCUT2D eigenvalue weighted by Crippen LogP contribution is 1.81. The Morgan fingerprint density at radius 2 is 1.88 bits per heavy atom. The monoisotopic (exact) mass is 126 g/mol. The van der Waals surface area contributed by atoms with E-state index in [1.54, 1.807) is 0 Å². The first-order valence-corrected chi connectivity index (χ1v) is 2.46. The van der Waals surface area contributed by atoms with Gasteiger partial charge in [0.2, 0.25) is 0 Å². The first-order chi connectivity index (χ1) is 3.72. The Balaban J connectivity index is 4.02. The molecule has 8 heavy (non-hydrogen) atoms. The molecule has 0 atom stereocenters. The predicted molar refractivity (Wildman–Crippen MR) is 38.0 cm³/mol. The van der Waals surface area contributed by atoms with E-state index < -0.39 is 0 Å². The predicted octanol–water partition coefficient (Wildman–Crippen LogP) is 1.30. The summed E-state index contributed by atoms with van der Waals surface area (Å²) in [5, 5.41) is 0. The molecule has 0 aliphatic carbocycles. The van der Waals surface area contributed by atoms with E-state index in [4.69, 9.17) is 0 Å². The Bertz CT molecular complexity index is 129. The van der Waals surface area contributed by atoms with Crippen molar-refractivity contribution in [2.75, 3.05) is 0 Å². The zero-order valence-electron chi connectivity index (χ0n) is 4.39. The quantitative estimate of drug-likeness (QED) is 0.419. The summed E-state index contributed by atoms with van der Waals surface area (Å²) in [7, 11) is 0. The van der Waals surface area contributed by atoms with Crippen LogP contribution in [0.25, 0.3) is 0 Å². The molecule has 0 spiro atoms. The Hall–Kier alpha value is -0.760. The second kappa shape index (κ2) is 3.27. The SMILES string of the molecule is C=CC(=O)C(=S)C=C. The second-order valence-electron chi connectivity index (χ2n) is 1.14. The lowest BCUT2D eigenvalue weighted by molar-refractivity contribution is -0.108. The lowest BCUT2D eigenvalue weighted by Gasteiger charge is -1.83. The van der Waals surface area contributed by atoms with E-state index in [2.05, 4.69) is 25.4 Å².